The van der Waals surface area contributed by atoms with E-state index in [1.165, 1.54) is 11.1 Å². The van der Waals surface area contributed by atoms with Gasteiger partial charge in [0, 0.05) is 38.9 Å². The van der Waals surface area contributed by atoms with Crippen LogP contribution in [0.1, 0.15) is 17.7 Å². The fraction of sp³-hybridized carbons (Fsp3) is 0.0370. The molecule has 8 aromatic carbocycles. The molecule has 2 aromatic heterocycles. The van der Waals surface area contributed by atoms with Crippen LogP contribution in [0.3, 0.4) is 0 Å². The van der Waals surface area contributed by atoms with E-state index in [4.69, 9.17) is 6.57 Å². The zero-order chi connectivity index (χ0) is 39.9. The first-order valence-electron chi connectivity index (χ1n) is 19.8. The average molecular weight is 756 g/mol. The van der Waals surface area contributed by atoms with Gasteiger partial charge in [0.2, 0.25) is 5.69 Å². The molecule has 5 nitrogen and oxygen atoms in total. The largest absolute Gasteiger partial charge is 0.318 e. The Hall–Kier alpha value is -8.12. The standard InChI is InChI=1S/C54H37N5/c1-3-4-19-45-34-41-18-10-12-21-50(41)57(45)43-27-29-44(30-28-43)58(46-26-23-38-16-8-9-17-39(38)33-46)54-49(56-2)31-24-42(36-55)53(54)59-51-22-13-11-20-47(51)48-35-40(25-32-52(48)59)37-14-6-5-7-15-37/h3,5-18,20-35H,1,4,19H2. The lowest BCUT2D eigenvalue weighted by atomic mass is 10.0. The third-order valence-electron chi connectivity index (χ3n) is 11.3. The second kappa shape index (κ2) is 14.8. The minimum Gasteiger partial charge on any atom is -0.318 e. The second-order valence-corrected chi connectivity index (χ2v) is 14.7. The molecule has 0 saturated heterocycles. The topological polar surface area (TPSA) is 41.2 Å². The number of hydrogen-bond donors (Lipinski definition) is 0. The molecule has 10 aromatic rings. The van der Waals surface area contributed by atoms with Gasteiger partial charge in [-0.3, -0.25) is 0 Å². The molecule has 0 radical (unpaired) electrons. The molecular weight excluding hydrogens is 719 g/mol. The molecule has 0 aliphatic carbocycles. The van der Waals surface area contributed by atoms with Crippen LogP contribution >= 0.6 is 0 Å². The van der Waals surface area contributed by atoms with E-state index in [2.05, 4.69) is 177 Å². The number of anilines is 3. The highest BCUT2D eigenvalue weighted by Crippen LogP contribution is 2.48. The minimum atomic E-state index is 0.436. The molecule has 0 aliphatic rings. The average Bonchev–Trinajstić information content (AvgIpc) is 3.84. The van der Waals surface area contributed by atoms with Gasteiger partial charge in [-0.25, -0.2) is 4.85 Å². The molecule has 0 bridgehead atoms. The van der Waals surface area contributed by atoms with Crippen molar-refractivity contribution >= 4 is 66.2 Å². The summed E-state index contributed by atoms with van der Waals surface area (Å²) in [6, 6.07) is 65.4. The molecule has 2 heterocycles. The molecule has 278 valence electrons. The molecule has 5 heteroatoms. The van der Waals surface area contributed by atoms with E-state index in [1.807, 2.05) is 30.3 Å². The van der Waals surface area contributed by atoms with Gasteiger partial charge in [-0.2, -0.15) is 5.26 Å². The van der Waals surface area contributed by atoms with E-state index in [-0.39, 0.29) is 0 Å². The smallest absolute Gasteiger partial charge is 0.212 e. The number of nitrogens with zero attached hydrogens (tertiary/aromatic N) is 5. The number of allylic oxidation sites excluding steroid dienone is 1. The Bertz CT molecular complexity index is 3320. The second-order valence-electron chi connectivity index (χ2n) is 14.7. The first-order valence-corrected chi connectivity index (χ1v) is 19.8. The van der Waals surface area contributed by atoms with E-state index < -0.39 is 0 Å². The summed E-state index contributed by atoms with van der Waals surface area (Å²) in [5.74, 6) is 0. The Morgan fingerprint density at radius 3 is 2.07 bits per heavy atom. The molecule has 0 fully saturated rings. The summed E-state index contributed by atoms with van der Waals surface area (Å²) in [6.45, 7) is 12.6. The quantitative estimate of drug-likeness (QED) is 0.109. The Labute approximate surface area is 343 Å². The fourth-order valence-electron chi connectivity index (χ4n) is 8.64. The van der Waals surface area contributed by atoms with Crippen LogP contribution in [0, 0.1) is 17.9 Å². The van der Waals surface area contributed by atoms with E-state index in [1.54, 1.807) is 12.1 Å². The number of aromatic nitrogens is 2. The molecule has 0 amide bonds. The first kappa shape index (κ1) is 35.3. The van der Waals surface area contributed by atoms with Crippen molar-refractivity contribution in [3.8, 4) is 28.6 Å². The normalized spacial score (nSPS) is 11.2. The van der Waals surface area contributed by atoms with Crippen molar-refractivity contribution in [2.24, 2.45) is 0 Å². The molecular formula is C54H37N5. The number of rotatable bonds is 9. The predicted octanol–water partition coefficient (Wildman–Crippen LogP) is 14.6. The van der Waals surface area contributed by atoms with Gasteiger partial charge in [-0.05, 0) is 101 Å². The molecule has 0 unspecified atom stereocenters. The Balaban J connectivity index is 1.24. The van der Waals surface area contributed by atoms with Gasteiger partial charge in [0.15, 0.2) is 0 Å². The molecule has 0 aliphatic heterocycles. The highest BCUT2D eigenvalue weighted by Gasteiger charge is 2.27. The molecule has 0 spiro atoms. The van der Waals surface area contributed by atoms with E-state index in [0.29, 0.717) is 22.6 Å². The summed E-state index contributed by atoms with van der Waals surface area (Å²) in [5.41, 5.74) is 11.5. The Kier molecular flexibility index (Phi) is 8.83. The van der Waals surface area contributed by atoms with Crippen LogP contribution in [0.25, 0.3) is 70.8 Å². The van der Waals surface area contributed by atoms with Crippen molar-refractivity contribution in [1.29, 1.82) is 5.26 Å². The number of aryl methyl sites for hydroxylation is 1. The number of fused-ring (bicyclic) bond motifs is 5. The van der Waals surface area contributed by atoms with Crippen LogP contribution in [0.4, 0.5) is 22.7 Å². The maximum atomic E-state index is 11.0. The van der Waals surface area contributed by atoms with Crippen LogP contribution in [0.2, 0.25) is 0 Å². The molecule has 59 heavy (non-hydrogen) atoms. The Morgan fingerprint density at radius 1 is 0.593 bits per heavy atom. The number of para-hydroxylation sites is 2. The summed E-state index contributed by atoms with van der Waals surface area (Å²) in [5, 5.41) is 16.5. The van der Waals surface area contributed by atoms with Gasteiger partial charge < -0.3 is 14.0 Å². The minimum absolute atomic E-state index is 0.436. The highest BCUT2D eigenvalue weighted by atomic mass is 15.2. The zero-order valence-electron chi connectivity index (χ0n) is 32.3. The fourth-order valence-corrected chi connectivity index (χ4v) is 8.64. The van der Waals surface area contributed by atoms with Gasteiger partial charge in [-0.1, -0.05) is 121 Å². The lowest BCUT2D eigenvalue weighted by molar-refractivity contribution is 0.901. The van der Waals surface area contributed by atoms with E-state index >= 15 is 0 Å². The van der Waals surface area contributed by atoms with Crippen LogP contribution in [0.5, 0.6) is 0 Å². The van der Waals surface area contributed by atoms with Gasteiger partial charge in [-0.15, -0.1) is 6.58 Å². The summed E-state index contributed by atoms with van der Waals surface area (Å²) >= 11 is 0. The highest BCUT2D eigenvalue weighted by molar-refractivity contribution is 6.12. The van der Waals surface area contributed by atoms with Crippen LogP contribution in [0.15, 0.2) is 195 Å². The van der Waals surface area contributed by atoms with Crippen molar-refractivity contribution in [3.05, 3.63) is 217 Å². The number of benzene rings is 8. The van der Waals surface area contributed by atoms with Crippen LogP contribution < -0.4 is 4.90 Å². The lowest BCUT2D eigenvalue weighted by Crippen LogP contribution is -2.15. The van der Waals surface area contributed by atoms with E-state index in [9.17, 15) is 5.26 Å². The molecule has 10 rings (SSSR count). The number of hydrogen-bond acceptors (Lipinski definition) is 2. The number of nitriles is 1. The van der Waals surface area contributed by atoms with Gasteiger partial charge in [0.1, 0.15) is 6.07 Å². The Morgan fingerprint density at radius 2 is 1.29 bits per heavy atom. The van der Waals surface area contributed by atoms with Crippen molar-refractivity contribution in [2.45, 2.75) is 12.8 Å². The summed E-state index contributed by atoms with van der Waals surface area (Å²) in [4.78, 5) is 6.33. The van der Waals surface area contributed by atoms with Gasteiger partial charge >= 0.3 is 0 Å². The third kappa shape index (κ3) is 6.01. The van der Waals surface area contributed by atoms with Crippen molar-refractivity contribution < 1.29 is 0 Å². The third-order valence-corrected chi connectivity index (χ3v) is 11.3. The first-order chi connectivity index (χ1) is 29.1. The zero-order valence-corrected chi connectivity index (χ0v) is 32.3. The maximum absolute atomic E-state index is 11.0. The van der Waals surface area contributed by atoms with Gasteiger partial charge in [0.05, 0.1) is 40.1 Å². The van der Waals surface area contributed by atoms with Crippen molar-refractivity contribution in [1.82, 2.24) is 9.13 Å². The molecule has 0 saturated carbocycles. The summed E-state index contributed by atoms with van der Waals surface area (Å²) in [6.07, 6.45) is 3.71. The summed E-state index contributed by atoms with van der Waals surface area (Å²) < 4.78 is 4.51. The van der Waals surface area contributed by atoms with E-state index in [0.717, 1.165) is 79.1 Å². The SMILES string of the molecule is [C-]#[N+]c1ccc(C#N)c(-n2c3ccccc3c3cc(-c4ccccc4)ccc32)c1N(c1ccc(-n2c(CCC=C)cc3ccccc32)cc1)c1ccc2ccccc2c1. The molecule has 0 N–H and O–H groups in total. The lowest BCUT2D eigenvalue weighted by Gasteiger charge is -2.30. The summed E-state index contributed by atoms with van der Waals surface area (Å²) in [7, 11) is 0. The molecule has 0 atom stereocenters. The monoisotopic (exact) mass is 755 g/mol. The van der Waals surface area contributed by atoms with Gasteiger partial charge in [0.25, 0.3) is 0 Å². The van der Waals surface area contributed by atoms with Crippen molar-refractivity contribution in [3.63, 3.8) is 0 Å². The predicted molar refractivity (Wildman–Crippen MR) is 245 cm³/mol. The van der Waals surface area contributed by atoms with Crippen LogP contribution in [-0.2, 0) is 6.42 Å². The van der Waals surface area contributed by atoms with Crippen LogP contribution in [-0.4, -0.2) is 9.13 Å². The maximum Gasteiger partial charge on any atom is 0.212 e. The van der Waals surface area contributed by atoms with Crippen molar-refractivity contribution in [2.75, 3.05) is 4.90 Å².